The van der Waals surface area contributed by atoms with E-state index in [4.69, 9.17) is 33.7 Å². The number of anilines is 1. The third-order valence-electron chi connectivity index (χ3n) is 7.78. The van der Waals surface area contributed by atoms with Crippen molar-refractivity contribution in [2.24, 2.45) is 5.73 Å². The molecule has 5 rings (SSSR count). The number of allylic oxidation sites excluding steroid dienone is 1. The van der Waals surface area contributed by atoms with Crippen LogP contribution in [0.15, 0.2) is 59.8 Å². The summed E-state index contributed by atoms with van der Waals surface area (Å²) in [5.41, 5.74) is 11.9. The minimum atomic E-state index is -0.748. The third-order valence-corrected chi connectivity index (χ3v) is 8.49. The second-order valence-corrected chi connectivity index (χ2v) is 11.3. The summed E-state index contributed by atoms with van der Waals surface area (Å²) in [5.74, 6) is -0.612. The number of nitrogens with zero attached hydrogens (tertiary/aromatic N) is 2. The molecular weight excluding hydrogens is 570 g/mol. The summed E-state index contributed by atoms with van der Waals surface area (Å²) in [4.78, 5) is 30.5. The van der Waals surface area contributed by atoms with E-state index in [2.05, 4.69) is 15.6 Å². The highest BCUT2D eigenvalue weighted by Crippen LogP contribution is 2.35. The second kappa shape index (κ2) is 12.7. The Morgan fingerprint density at radius 1 is 1.10 bits per heavy atom. The Bertz CT molecular complexity index is 1370. The van der Waals surface area contributed by atoms with Crippen molar-refractivity contribution >= 4 is 40.7 Å². The van der Waals surface area contributed by atoms with Gasteiger partial charge in [-0.3, -0.25) is 9.59 Å². The lowest BCUT2D eigenvalue weighted by atomic mass is 10.0. The van der Waals surface area contributed by atoms with Gasteiger partial charge in [-0.2, -0.15) is 5.43 Å². The summed E-state index contributed by atoms with van der Waals surface area (Å²) in [6.45, 7) is 5.51. The maximum Gasteiger partial charge on any atom is 0.277 e. The predicted molar refractivity (Wildman–Crippen MR) is 155 cm³/mol. The molecule has 2 aromatic rings. The molecular formula is C29H34Cl2FN6O3+. The SMILES string of the molecule is CC(OC1=C(N)[NH2+]NC(C(=O)Nc2ccc(C(=O)N3CCC(N4CCCC4)CC3)cc2)=C1)c1c(Cl)ccc(F)c1Cl. The number of hydrogen-bond acceptors (Lipinski definition) is 6. The molecule has 1 unspecified atom stereocenters. The van der Waals surface area contributed by atoms with E-state index in [9.17, 15) is 14.0 Å². The minimum absolute atomic E-state index is 0.00373. The smallest absolute Gasteiger partial charge is 0.277 e. The van der Waals surface area contributed by atoms with Crippen LogP contribution in [-0.2, 0) is 9.53 Å². The van der Waals surface area contributed by atoms with Crippen molar-refractivity contribution in [1.29, 1.82) is 0 Å². The number of rotatable bonds is 7. The van der Waals surface area contributed by atoms with Gasteiger partial charge in [0.25, 0.3) is 17.6 Å². The van der Waals surface area contributed by atoms with E-state index < -0.39 is 17.8 Å². The number of likely N-dealkylation sites (tertiary alicyclic amines) is 2. The van der Waals surface area contributed by atoms with E-state index in [1.165, 1.54) is 49.6 Å². The molecule has 3 heterocycles. The highest BCUT2D eigenvalue weighted by molar-refractivity contribution is 6.36. The zero-order chi connectivity index (χ0) is 29.1. The number of halogens is 3. The Morgan fingerprint density at radius 3 is 2.46 bits per heavy atom. The molecule has 3 aliphatic heterocycles. The Kier molecular flexibility index (Phi) is 9.03. The molecule has 0 spiro atoms. The van der Waals surface area contributed by atoms with Gasteiger partial charge in [0.05, 0.1) is 5.02 Å². The zero-order valence-corrected chi connectivity index (χ0v) is 24.3. The van der Waals surface area contributed by atoms with E-state index in [-0.39, 0.29) is 38.8 Å². The number of nitrogens with two attached hydrogens (primary N) is 2. The van der Waals surface area contributed by atoms with Gasteiger partial charge in [-0.05, 0) is 82.1 Å². The monoisotopic (exact) mass is 603 g/mol. The molecule has 0 aliphatic carbocycles. The van der Waals surface area contributed by atoms with Crippen LogP contribution >= 0.6 is 23.2 Å². The summed E-state index contributed by atoms with van der Waals surface area (Å²) in [7, 11) is 0. The maximum absolute atomic E-state index is 14.0. The standard InChI is InChI=1S/C29H33Cl2FN6O3/c1-17(25-21(30)8-9-22(32)26(25)31)41-24-16-23(35-36-27(24)33)28(39)34-19-6-4-18(5-7-19)29(40)38-14-10-20(11-15-38)37-12-2-3-13-37/h4-9,16-17,20,35-36H,2-3,10-15,33H2,1H3,(H,34,39)/p+1. The average Bonchev–Trinajstić information content (AvgIpc) is 3.52. The lowest BCUT2D eigenvalue weighted by molar-refractivity contribution is -0.662. The van der Waals surface area contributed by atoms with Gasteiger partial charge in [0.15, 0.2) is 5.70 Å². The molecule has 0 radical (unpaired) electrons. The molecule has 0 bridgehead atoms. The average molecular weight is 605 g/mol. The number of carbonyl (C=O) groups excluding carboxylic acids is 2. The molecule has 3 aliphatic rings. The minimum Gasteiger partial charge on any atom is -0.478 e. The Balaban J connectivity index is 1.18. The Hall–Kier alpha value is -3.31. The molecule has 0 aromatic heterocycles. The number of nitrogens with one attached hydrogen (secondary N) is 2. The molecule has 2 amide bonds. The van der Waals surface area contributed by atoms with Crippen LogP contribution in [0.5, 0.6) is 0 Å². The molecule has 12 heteroatoms. The molecule has 2 fully saturated rings. The van der Waals surface area contributed by atoms with Crippen LogP contribution in [0.4, 0.5) is 10.1 Å². The summed E-state index contributed by atoms with van der Waals surface area (Å²) in [6.07, 6.45) is 5.26. The molecule has 2 aromatic carbocycles. The zero-order valence-electron chi connectivity index (χ0n) is 22.8. The van der Waals surface area contributed by atoms with Gasteiger partial charge in [-0.25, -0.2) is 9.82 Å². The topological polar surface area (TPSA) is 117 Å². The number of piperidine rings is 1. The van der Waals surface area contributed by atoms with E-state index in [0.717, 1.165) is 25.9 Å². The summed E-state index contributed by atoms with van der Waals surface area (Å²) in [5, 5.41) is 2.92. The summed E-state index contributed by atoms with van der Waals surface area (Å²) >= 11 is 12.3. The van der Waals surface area contributed by atoms with Crippen LogP contribution in [0, 0.1) is 5.82 Å². The molecule has 0 saturated carbocycles. The lowest BCUT2D eigenvalue weighted by Crippen LogP contribution is -2.94. The number of hydrogen-bond donors (Lipinski definition) is 4. The van der Waals surface area contributed by atoms with E-state index in [1.807, 2.05) is 4.90 Å². The van der Waals surface area contributed by atoms with Crippen molar-refractivity contribution in [3.8, 4) is 0 Å². The van der Waals surface area contributed by atoms with Crippen LogP contribution in [0.2, 0.25) is 10.0 Å². The van der Waals surface area contributed by atoms with Crippen LogP contribution in [0.1, 0.15) is 54.6 Å². The number of amides is 2. The van der Waals surface area contributed by atoms with E-state index in [1.54, 1.807) is 31.2 Å². The first-order chi connectivity index (χ1) is 19.7. The predicted octanol–water partition coefficient (Wildman–Crippen LogP) is 3.64. The van der Waals surface area contributed by atoms with Gasteiger partial charge >= 0.3 is 0 Å². The van der Waals surface area contributed by atoms with Crippen molar-refractivity contribution in [2.75, 3.05) is 31.5 Å². The molecule has 9 nitrogen and oxygen atoms in total. The fourth-order valence-electron chi connectivity index (χ4n) is 5.50. The summed E-state index contributed by atoms with van der Waals surface area (Å²) < 4.78 is 19.9. The van der Waals surface area contributed by atoms with Crippen molar-refractivity contribution in [3.63, 3.8) is 0 Å². The van der Waals surface area contributed by atoms with E-state index in [0.29, 0.717) is 17.3 Å². The maximum atomic E-state index is 14.0. The van der Waals surface area contributed by atoms with E-state index >= 15 is 0 Å². The second-order valence-electron chi connectivity index (χ2n) is 10.5. The molecule has 1 atom stereocenters. The molecule has 218 valence electrons. The van der Waals surface area contributed by atoms with Gasteiger partial charge in [0.1, 0.15) is 11.9 Å². The highest BCUT2D eigenvalue weighted by Gasteiger charge is 2.29. The fourth-order valence-corrected chi connectivity index (χ4v) is 6.18. The Labute approximate surface area is 248 Å². The van der Waals surface area contributed by atoms with Gasteiger partial charge in [-0.1, -0.05) is 23.2 Å². The largest absolute Gasteiger partial charge is 0.478 e. The van der Waals surface area contributed by atoms with Gasteiger partial charge < -0.3 is 25.6 Å². The van der Waals surface area contributed by atoms with Gasteiger partial charge in [-0.15, -0.1) is 0 Å². The van der Waals surface area contributed by atoms with Crippen LogP contribution < -0.4 is 21.9 Å². The molecule has 2 saturated heterocycles. The van der Waals surface area contributed by atoms with Crippen molar-refractivity contribution in [1.82, 2.24) is 15.2 Å². The quantitative estimate of drug-likeness (QED) is 0.284. The molecule has 6 N–H and O–H groups in total. The first-order valence-electron chi connectivity index (χ1n) is 13.8. The summed E-state index contributed by atoms with van der Waals surface area (Å²) in [6, 6.07) is 10.0. The normalized spacial score (nSPS) is 19.0. The van der Waals surface area contributed by atoms with Crippen molar-refractivity contribution in [2.45, 2.75) is 44.8 Å². The fraction of sp³-hybridized carbons (Fsp3) is 0.379. The number of carbonyl (C=O) groups is 2. The lowest BCUT2D eigenvalue weighted by Gasteiger charge is -2.36. The number of quaternary nitrogens is 1. The number of benzene rings is 2. The van der Waals surface area contributed by atoms with Crippen LogP contribution in [0.25, 0.3) is 0 Å². The highest BCUT2D eigenvalue weighted by atomic mass is 35.5. The van der Waals surface area contributed by atoms with Crippen molar-refractivity contribution in [3.05, 3.63) is 86.7 Å². The molecule has 41 heavy (non-hydrogen) atoms. The first kappa shape index (κ1) is 29.2. The van der Waals surface area contributed by atoms with Crippen molar-refractivity contribution < 1.29 is 24.1 Å². The van der Waals surface area contributed by atoms with Crippen LogP contribution in [0.3, 0.4) is 0 Å². The third kappa shape index (κ3) is 6.62. The van der Waals surface area contributed by atoms with Crippen LogP contribution in [-0.4, -0.2) is 53.8 Å². The first-order valence-corrected chi connectivity index (χ1v) is 14.5. The van der Waals surface area contributed by atoms with Gasteiger partial charge in [0.2, 0.25) is 5.76 Å². The Morgan fingerprint density at radius 2 is 1.78 bits per heavy atom. The van der Waals surface area contributed by atoms with Gasteiger partial charge in [0, 0.05) is 47.0 Å². The number of ether oxygens (including phenoxy) is 1.